The number of carbonyl (C=O) groups excluding carboxylic acids is 1. The number of nitrogens with two attached hydrogens (primary N) is 1. The third kappa shape index (κ3) is 6.08. The fourth-order valence-electron chi connectivity index (χ4n) is 4.68. The van der Waals surface area contributed by atoms with E-state index < -0.39 is 6.36 Å². The summed E-state index contributed by atoms with van der Waals surface area (Å²) in [4.78, 5) is 15.3. The van der Waals surface area contributed by atoms with Crippen LogP contribution in [0.4, 0.5) is 13.2 Å². The molecule has 1 aliphatic heterocycles. The van der Waals surface area contributed by atoms with Gasteiger partial charge in [-0.3, -0.25) is 4.79 Å². The number of rotatable bonds is 7. The minimum atomic E-state index is -4.85. The van der Waals surface area contributed by atoms with Crippen molar-refractivity contribution in [3.8, 4) is 5.75 Å². The van der Waals surface area contributed by atoms with Crippen LogP contribution in [0, 0.1) is 0 Å². The maximum atomic E-state index is 13.5. The predicted octanol–water partition coefficient (Wildman–Crippen LogP) is 5.74. The van der Waals surface area contributed by atoms with Crippen LogP contribution in [0.2, 0.25) is 5.02 Å². The molecule has 6 nitrogen and oxygen atoms in total. The lowest BCUT2D eigenvalue weighted by atomic mass is 9.88. The molecular formula is C25H28Cl2F3N3O3. The van der Waals surface area contributed by atoms with E-state index in [1.807, 2.05) is 18.2 Å². The Bertz CT molecular complexity index is 1210. The van der Waals surface area contributed by atoms with Crippen molar-refractivity contribution in [3.05, 3.63) is 64.3 Å². The molecule has 0 atom stereocenters. The van der Waals surface area contributed by atoms with Gasteiger partial charge in [-0.2, -0.15) is 0 Å². The zero-order valence-electron chi connectivity index (χ0n) is 19.7. The summed E-state index contributed by atoms with van der Waals surface area (Å²) in [6.07, 6.45) is -3.40. The number of fused-ring (bicyclic) bond motifs is 1. The predicted molar refractivity (Wildman–Crippen MR) is 135 cm³/mol. The highest BCUT2D eigenvalue weighted by molar-refractivity contribution is 6.31. The molecule has 0 radical (unpaired) electrons. The maximum absolute atomic E-state index is 13.5. The second-order valence-electron chi connectivity index (χ2n) is 8.54. The quantitative estimate of drug-likeness (QED) is 0.411. The number of ether oxygens (including phenoxy) is 2. The first-order valence-electron chi connectivity index (χ1n) is 11.4. The third-order valence-corrected chi connectivity index (χ3v) is 6.71. The van der Waals surface area contributed by atoms with Crippen LogP contribution in [0.1, 0.15) is 40.4 Å². The highest BCUT2D eigenvalue weighted by Gasteiger charge is 2.33. The first-order valence-corrected chi connectivity index (χ1v) is 11.7. The molecule has 0 bridgehead atoms. The Labute approximate surface area is 218 Å². The number of halogens is 5. The standard InChI is InChI=1S/C25H27ClF3N3O3.ClH/c1-34-12-11-32-21(14-18-3-2-4-22(23(18)32)35-25(27,28)29)24(33)31-9-7-17(8-10-31)19-13-16(15-30)5-6-20(19)26;/h2-6,13-14,17H,7-12,15,30H2,1H3;1H. The van der Waals surface area contributed by atoms with Gasteiger partial charge in [0, 0.05) is 43.7 Å². The fourth-order valence-corrected chi connectivity index (χ4v) is 4.95. The normalized spacial score (nSPS) is 14.7. The Morgan fingerprint density at radius 2 is 1.89 bits per heavy atom. The molecule has 2 heterocycles. The van der Waals surface area contributed by atoms with Crippen LogP contribution >= 0.6 is 24.0 Å². The van der Waals surface area contributed by atoms with Gasteiger partial charge in [0.1, 0.15) is 5.69 Å². The molecule has 1 aromatic heterocycles. The molecule has 36 heavy (non-hydrogen) atoms. The molecule has 3 aromatic rings. The van der Waals surface area contributed by atoms with Crippen LogP contribution in [-0.2, 0) is 17.8 Å². The number of hydrogen-bond donors (Lipinski definition) is 1. The van der Waals surface area contributed by atoms with Crippen molar-refractivity contribution in [2.24, 2.45) is 5.73 Å². The Morgan fingerprint density at radius 3 is 2.53 bits per heavy atom. The number of hydrogen-bond acceptors (Lipinski definition) is 4. The lowest BCUT2D eigenvalue weighted by Gasteiger charge is -2.33. The zero-order valence-corrected chi connectivity index (χ0v) is 21.3. The topological polar surface area (TPSA) is 69.7 Å². The van der Waals surface area contributed by atoms with Crippen molar-refractivity contribution in [2.75, 3.05) is 26.8 Å². The molecular weight excluding hydrogens is 518 g/mol. The molecule has 196 valence electrons. The monoisotopic (exact) mass is 545 g/mol. The number of amides is 1. The molecule has 0 spiro atoms. The molecule has 2 N–H and O–H groups in total. The third-order valence-electron chi connectivity index (χ3n) is 6.37. The average molecular weight is 546 g/mol. The van der Waals surface area contributed by atoms with E-state index in [-0.39, 0.29) is 48.6 Å². The molecule has 11 heteroatoms. The number of carbonyl (C=O) groups is 1. The van der Waals surface area contributed by atoms with Crippen LogP contribution in [0.25, 0.3) is 10.9 Å². The molecule has 0 unspecified atom stereocenters. The van der Waals surface area contributed by atoms with Gasteiger partial charge in [-0.15, -0.1) is 25.6 Å². The number of para-hydroxylation sites is 1. The average Bonchev–Trinajstić information content (AvgIpc) is 3.21. The van der Waals surface area contributed by atoms with Crippen molar-refractivity contribution in [2.45, 2.75) is 38.2 Å². The molecule has 1 aliphatic rings. The van der Waals surface area contributed by atoms with E-state index in [0.29, 0.717) is 35.7 Å². The van der Waals surface area contributed by atoms with Crippen LogP contribution in [0.3, 0.4) is 0 Å². The number of nitrogens with zero attached hydrogens (tertiary/aromatic N) is 2. The molecule has 1 saturated heterocycles. The van der Waals surface area contributed by atoms with E-state index in [9.17, 15) is 18.0 Å². The van der Waals surface area contributed by atoms with E-state index in [0.717, 1.165) is 24.0 Å². The second-order valence-corrected chi connectivity index (χ2v) is 8.95. The van der Waals surface area contributed by atoms with E-state index in [2.05, 4.69) is 4.74 Å². The molecule has 1 amide bonds. The number of likely N-dealkylation sites (tertiary alicyclic amines) is 1. The second kappa shape index (κ2) is 11.7. The van der Waals surface area contributed by atoms with Crippen molar-refractivity contribution in [1.29, 1.82) is 0 Å². The summed E-state index contributed by atoms with van der Waals surface area (Å²) >= 11 is 6.43. The minimum absolute atomic E-state index is 0. The van der Waals surface area contributed by atoms with E-state index in [1.165, 1.54) is 19.2 Å². The molecule has 0 saturated carbocycles. The van der Waals surface area contributed by atoms with E-state index >= 15 is 0 Å². The highest BCUT2D eigenvalue weighted by Crippen LogP contribution is 2.36. The summed E-state index contributed by atoms with van der Waals surface area (Å²) in [5.41, 5.74) is 8.32. The number of piperidine rings is 1. The molecule has 4 rings (SSSR count). The lowest BCUT2D eigenvalue weighted by Crippen LogP contribution is -2.39. The highest BCUT2D eigenvalue weighted by atomic mass is 35.5. The number of alkyl halides is 3. The minimum Gasteiger partial charge on any atom is -0.404 e. The summed E-state index contributed by atoms with van der Waals surface area (Å²) in [5, 5.41) is 1.18. The smallest absolute Gasteiger partial charge is 0.404 e. The Balaban J connectivity index is 0.00000361. The van der Waals surface area contributed by atoms with Crippen LogP contribution in [-0.4, -0.2) is 48.5 Å². The molecule has 2 aromatic carbocycles. The summed E-state index contributed by atoms with van der Waals surface area (Å²) in [6.45, 7) is 1.86. The lowest BCUT2D eigenvalue weighted by molar-refractivity contribution is -0.274. The SMILES string of the molecule is COCCn1c(C(=O)N2CCC(c3cc(CN)ccc3Cl)CC2)cc2cccc(OC(F)(F)F)c21.Cl. The molecule has 1 fully saturated rings. The molecule has 0 aliphatic carbocycles. The van der Waals surface area contributed by atoms with Crippen LogP contribution in [0.5, 0.6) is 5.75 Å². The van der Waals surface area contributed by atoms with Gasteiger partial charge in [0.25, 0.3) is 5.91 Å². The van der Waals surface area contributed by atoms with Gasteiger partial charge < -0.3 is 24.7 Å². The van der Waals surface area contributed by atoms with Crippen molar-refractivity contribution in [1.82, 2.24) is 9.47 Å². The van der Waals surface area contributed by atoms with Crippen molar-refractivity contribution < 1.29 is 27.4 Å². The largest absolute Gasteiger partial charge is 0.573 e. The van der Waals surface area contributed by atoms with Gasteiger partial charge in [0.15, 0.2) is 5.75 Å². The fraction of sp³-hybridized carbons (Fsp3) is 0.400. The number of methoxy groups -OCH3 is 1. The van der Waals surface area contributed by atoms with Crippen LogP contribution in [0.15, 0.2) is 42.5 Å². The Morgan fingerprint density at radius 1 is 1.17 bits per heavy atom. The number of benzene rings is 2. The summed E-state index contributed by atoms with van der Waals surface area (Å²) in [5.74, 6) is -0.391. The van der Waals surface area contributed by atoms with Gasteiger partial charge in [0.05, 0.1) is 12.1 Å². The van der Waals surface area contributed by atoms with E-state index in [4.69, 9.17) is 22.1 Å². The van der Waals surface area contributed by atoms with Gasteiger partial charge in [0.2, 0.25) is 0 Å². The Hall–Kier alpha value is -2.46. The van der Waals surface area contributed by atoms with Crippen molar-refractivity contribution in [3.63, 3.8) is 0 Å². The van der Waals surface area contributed by atoms with Gasteiger partial charge in [-0.1, -0.05) is 35.9 Å². The van der Waals surface area contributed by atoms with Gasteiger partial charge >= 0.3 is 6.36 Å². The van der Waals surface area contributed by atoms with Gasteiger partial charge in [-0.25, -0.2) is 0 Å². The van der Waals surface area contributed by atoms with Crippen LogP contribution < -0.4 is 10.5 Å². The summed E-state index contributed by atoms with van der Waals surface area (Å²) < 4.78 is 50.0. The number of aromatic nitrogens is 1. The van der Waals surface area contributed by atoms with Crippen molar-refractivity contribution >= 4 is 40.8 Å². The summed E-state index contributed by atoms with van der Waals surface area (Å²) in [6, 6.07) is 11.8. The maximum Gasteiger partial charge on any atom is 0.573 e. The first-order chi connectivity index (χ1) is 16.7. The zero-order chi connectivity index (χ0) is 25.2. The van der Waals surface area contributed by atoms with E-state index in [1.54, 1.807) is 21.6 Å². The summed E-state index contributed by atoms with van der Waals surface area (Å²) in [7, 11) is 1.50. The van der Waals surface area contributed by atoms with Gasteiger partial charge in [-0.05, 0) is 48.1 Å². The first kappa shape index (κ1) is 28.1. The Kier molecular flexibility index (Phi) is 9.16.